The van der Waals surface area contributed by atoms with Crippen LogP contribution in [0, 0.1) is 0 Å². The summed E-state index contributed by atoms with van der Waals surface area (Å²) in [5, 5.41) is 8.82. The van der Waals surface area contributed by atoms with Gasteiger partial charge in [0.05, 0.1) is 5.56 Å². The van der Waals surface area contributed by atoms with Crippen molar-refractivity contribution in [3.8, 4) is 0 Å². The highest BCUT2D eigenvalue weighted by molar-refractivity contribution is 5.88. The van der Waals surface area contributed by atoms with Crippen LogP contribution in [0.25, 0.3) is 0 Å². The fourth-order valence-corrected chi connectivity index (χ4v) is 2.04. The lowest BCUT2D eigenvalue weighted by Gasteiger charge is -2.29. The first-order valence-corrected chi connectivity index (χ1v) is 5.50. The molecule has 4 nitrogen and oxygen atoms in total. The second kappa shape index (κ2) is 4.56. The number of halogens is 3. The largest absolute Gasteiger partial charge is 0.478 e. The molecule has 1 heterocycles. The summed E-state index contributed by atoms with van der Waals surface area (Å²) in [6.07, 6.45) is -4.66. The second-order valence-corrected chi connectivity index (χ2v) is 4.26. The van der Waals surface area contributed by atoms with E-state index in [-0.39, 0.29) is 25.1 Å². The maximum Gasteiger partial charge on any atom is 0.471 e. The van der Waals surface area contributed by atoms with Crippen molar-refractivity contribution in [3.63, 3.8) is 0 Å². The first-order chi connectivity index (χ1) is 8.79. The second-order valence-electron chi connectivity index (χ2n) is 4.26. The Morgan fingerprint density at radius 1 is 1.21 bits per heavy atom. The summed E-state index contributed by atoms with van der Waals surface area (Å²) < 4.78 is 36.9. The van der Waals surface area contributed by atoms with E-state index >= 15 is 0 Å². The molecule has 0 bridgehead atoms. The van der Waals surface area contributed by atoms with Crippen LogP contribution in [0.4, 0.5) is 13.2 Å². The number of fused-ring (bicyclic) bond motifs is 1. The van der Waals surface area contributed by atoms with Crippen LogP contribution in [0.5, 0.6) is 0 Å². The van der Waals surface area contributed by atoms with E-state index in [0.717, 1.165) is 4.90 Å². The quantitative estimate of drug-likeness (QED) is 0.849. The molecule has 1 aromatic carbocycles. The number of alkyl halides is 3. The number of hydrogen-bond acceptors (Lipinski definition) is 2. The first-order valence-electron chi connectivity index (χ1n) is 5.50. The number of carboxylic acid groups (broad SMARTS) is 1. The number of rotatable bonds is 1. The van der Waals surface area contributed by atoms with Gasteiger partial charge >= 0.3 is 18.1 Å². The van der Waals surface area contributed by atoms with Gasteiger partial charge in [0, 0.05) is 13.1 Å². The van der Waals surface area contributed by atoms with Gasteiger partial charge in [-0.3, -0.25) is 4.79 Å². The molecule has 0 atom stereocenters. The van der Waals surface area contributed by atoms with Crippen molar-refractivity contribution in [3.05, 3.63) is 34.9 Å². The third kappa shape index (κ3) is 2.69. The summed E-state index contributed by atoms with van der Waals surface area (Å²) >= 11 is 0. The number of carbonyl (C=O) groups is 2. The molecule has 0 spiro atoms. The predicted octanol–water partition coefficient (Wildman–Crippen LogP) is 1.83. The molecule has 0 aliphatic carbocycles. The third-order valence-electron chi connectivity index (χ3n) is 3.00. The Morgan fingerprint density at radius 2 is 1.89 bits per heavy atom. The van der Waals surface area contributed by atoms with Crippen LogP contribution in [-0.4, -0.2) is 34.6 Å². The minimum absolute atomic E-state index is 0.0611. The van der Waals surface area contributed by atoms with Gasteiger partial charge in [0.1, 0.15) is 0 Å². The van der Waals surface area contributed by atoms with Gasteiger partial charge in [-0.05, 0) is 29.7 Å². The molecule has 1 aliphatic rings. The molecule has 1 amide bonds. The smallest absolute Gasteiger partial charge is 0.471 e. The summed E-state index contributed by atoms with van der Waals surface area (Å²) in [5.41, 5.74) is 1.31. The number of carboxylic acids is 1. The van der Waals surface area contributed by atoms with Crippen LogP contribution in [-0.2, 0) is 17.8 Å². The summed E-state index contributed by atoms with van der Waals surface area (Å²) in [5.74, 6) is -2.95. The zero-order chi connectivity index (χ0) is 14.2. The SMILES string of the molecule is O=C(O)c1ccc2c(c1)CCN(C(=O)C(F)(F)F)C2. The van der Waals surface area contributed by atoms with E-state index in [1.165, 1.54) is 18.2 Å². The van der Waals surface area contributed by atoms with Gasteiger partial charge in [-0.15, -0.1) is 0 Å². The van der Waals surface area contributed by atoms with Crippen molar-refractivity contribution in [2.24, 2.45) is 0 Å². The summed E-state index contributed by atoms with van der Waals surface area (Å²) in [6.45, 7) is -0.206. The first kappa shape index (κ1) is 13.4. The zero-order valence-electron chi connectivity index (χ0n) is 9.70. The number of benzene rings is 1. The predicted molar refractivity (Wildman–Crippen MR) is 58.6 cm³/mol. The molecule has 0 fully saturated rings. The van der Waals surface area contributed by atoms with Crippen molar-refractivity contribution < 1.29 is 27.9 Å². The molecule has 0 saturated carbocycles. The molecular formula is C12H10F3NO3. The molecule has 19 heavy (non-hydrogen) atoms. The highest BCUT2D eigenvalue weighted by atomic mass is 19.4. The average molecular weight is 273 g/mol. The zero-order valence-corrected chi connectivity index (χ0v) is 9.70. The minimum atomic E-state index is -4.88. The van der Waals surface area contributed by atoms with E-state index in [4.69, 9.17) is 5.11 Å². The normalized spacial score (nSPS) is 15.0. The highest BCUT2D eigenvalue weighted by Gasteiger charge is 2.43. The number of amides is 1. The Morgan fingerprint density at radius 3 is 2.47 bits per heavy atom. The monoisotopic (exact) mass is 273 g/mol. The van der Waals surface area contributed by atoms with Gasteiger partial charge in [-0.25, -0.2) is 4.79 Å². The molecule has 0 saturated heterocycles. The fourth-order valence-electron chi connectivity index (χ4n) is 2.04. The van der Waals surface area contributed by atoms with Gasteiger partial charge in [0.25, 0.3) is 0 Å². The van der Waals surface area contributed by atoms with E-state index in [2.05, 4.69) is 0 Å². The maximum absolute atomic E-state index is 12.3. The lowest BCUT2D eigenvalue weighted by atomic mass is 9.97. The molecule has 102 valence electrons. The van der Waals surface area contributed by atoms with Crippen LogP contribution in [0.3, 0.4) is 0 Å². The van der Waals surface area contributed by atoms with Gasteiger partial charge < -0.3 is 10.0 Å². The molecule has 1 aromatic rings. The number of aromatic carboxylic acids is 1. The van der Waals surface area contributed by atoms with E-state index in [1.54, 1.807) is 0 Å². The van der Waals surface area contributed by atoms with E-state index < -0.39 is 18.1 Å². The van der Waals surface area contributed by atoms with Crippen LogP contribution in [0.15, 0.2) is 18.2 Å². The minimum Gasteiger partial charge on any atom is -0.478 e. The number of carbonyl (C=O) groups excluding carboxylic acids is 1. The maximum atomic E-state index is 12.3. The summed E-state index contributed by atoms with van der Waals surface area (Å²) in [4.78, 5) is 22.6. The summed E-state index contributed by atoms with van der Waals surface area (Å²) in [6, 6.07) is 4.21. The summed E-state index contributed by atoms with van der Waals surface area (Å²) in [7, 11) is 0. The van der Waals surface area contributed by atoms with Crippen molar-refractivity contribution >= 4 is 11.9 Å². The Bertz CT molecular complexity index is 540. The fraction of sp³-hybridized carbons (Fsp3) is 0.333. The Labute approximate surface area is 106 Å². The Balaban J connectivity index is 2.22. The molecule has 0 radical (unpaired) electrons. The van der Waals surface area contributed by atoms with Crippen molar-refractivity contribution in [1.29, 1.82) is 0 Å². The molecule has 1 aliphatic heterocycles. The molecule has 2 rings (SSSR count). The van der Waals surface area contributed by atoms with Gasteiger partial charge in [-0.2, -0.15) is 13.2 Å². The molecule has 0 aromatic heterocycles. The van der Waals surface area contributed by atoms with E-state index in [0.29, 0.717) is 11.1 Å². The van der Waals surface area contributed by atoms with Crippen LogP contribution < -0.4 is 0 Å². The van der Waals surface area contributed by atoms with Gasteiger partial charge in [-0.1, -0.05) is 6.07 Å². The topological polar surface area (TPSA) is 57.6 Å². The van der Waals surface area contributed by atoms with Gasteiger partial charge in [0.2, 0.25) is 0 Å². The number of hydrogen-bond donors (Lipinski definition) is 1. The Hall–Kier alpha value is -2.05. The molecular weight excluding hydrogens is 263 g/mol. The van der Waals surface area contributed by atoms with Crippen molar-refractivity contribution in [2.75, 3.05) is 6.54 Å². The lowest BCUT2D eigenvalue weighted by Crippen LogP contribution is -2.43. The standard InChI is InChI=1S/C12H10F3NO3/c13-12(14,15)11(19)16-4-3-7-5-8(10(17)18)1-2-9(7)6-16/h1-2,5H,3-4,6H2,(H,17,18). The average Bonchev–Trinajstić information content (AvgIpc) is 2.35. The van der Waals surface area contributed by atoms with Crippen molar-refractivity contribution in [1.82, 2.24) is 4.90 Å². The van der Waals surface area contributed by atoms with Crippen LogP contribution in [0.2, 0.25) is 0 Å². The molecule has 7 heteroatoms. The van der Waals surface area contributed by atoms with E-state index in [9.17, 15) is 22.8 Å². The van der Waals surface area contributed by atoms with Crippen LogP contribution >= 0.6 is 0 Å². The van der Waals surface area contributed by atoms with Crippen molar-refractivity contribution in [2.45, 2.75) is 19.1 Å². The van der Waals surface area contributed by atoms with Crippen LogP contribution in [0.1, 0.15) is 21.5 Å². The Kier molecular flexibility index (Phi) is 3.21. The third-order valence-corrected chi connectivity index (χ3v) is 3.00. The van der Waals surface area contributed by atoms with Gasteiger partial charge in [0.15, 0.2) is 0 Å². The number of nitrogens with zero attached hydrogens (tertiary/aromatic N) is 1. The highest BCUT2D eigenvalue weighted by Crippen LogP contribution is 2.25. The molecule has 1 N–H and O–H groups in total. The lowest BCUT2D eigenvalue weighted by molar-refractivity contribution is -0.186. The van der Waals surface area contributed by atoms with E-state index in [1.807, 2.05) is 0 Å². The molecule has 0 unspecified atom stereocenters.